The number of hydrogen-bond donors (Lipinski definition) is 0. The van der Waals surface area contributed by atoms with E-state index in [1.165, 1.54) is 19.3 Å². The van der Waals surface area contributed by atoms with Gasteiger partial charge in [-0.25, -0.2) is 4.98 Å². The molecular weight excluding hydrogens is 196 g/mol. The Hall–Kier alpha value is -0.900. The third kappa shape index (κ3) is 2.12. The van der Waals surface area contributed by atoms with Gasteiger partial charge in [0.15, 0.2) is 5.13 Å². The molecule has 14 heavy (non-hydrogen) atoms. The molecule has 1 aromatic heterocycles. The van der Waals surface area contributed by atoms with Crippen LogP contribution in [0.3, 0.4) is 0 Å². The maximum Gasteiger partial charge on any atom is 0.185 e. The summed E-state index contributed by atoms with van der Waals surface area (Å²) in [7, 11) is 0. The van der Waals surface area contributed by atoms with Crippen LogP contribution in [0.1, 0.15) is 25.0 Å². The first-order chi connectivity index (χ1) is 6.90. The third-order valence-corrected chi connectivity index (χ3v) is 3.41. The normalized spacial score (nSPS) is 17.0. The van der Waals surface area contributed by atoms with Crippen molar-refractivity contribution in [3.05, 3.63) is 11.1 Å². The zero-order valence-electron chi connectivity index (χ0n) is 8.11. The lowest BCUT2D eigenvalue weighted by Gasteiger charge is -2.25. The van der Waals surface area contributed by atoms with Crippen LogP contribution in [0.5, 0.6) is 0 Å². The highest BCUT2D eigenvalue weighted by Crippen LogP contribution is 2.23. The van der Waals surface area contributed by atoms with Gasteiger partial charge >= 0.3 is 0 Å². The van der Waals surface area contributed by atoms with Gasteiger partial charge in [0.1, 0.15) is 6.29 Å². The fourth-order valence-corrected chi connectivity index (χ4v) is 2.60. The monoisotopic (exact) mass is 210 g/mol. The summed E-state index contributed by atoms with van der Waals surface area (Å²) in [6, 6.07) is 0. The molecule has 1 aliphatic rings. The van der Waals surface area contributed by atoms with Crippen molar-refractivity contribution < 1.29 is 4.79 Å². The molecule has 0 aliphatic carbocycles. The maximum atomic E-state index is 10.3. The average Bonchev–Trinajstić information content (AvgIpc) is 2.68. The number of anilines is 1. The molecule has 0 amide bonds. The van der Waals surface area contributed by atoms with E-state index in [-0.39, 0.29) is 0 Å². The molecule has 0 saturated carbocycles. The standard InChI is InChI=1S/C10H14N2OS/c13-7-4-9-8-14-10(11-9)12-5-2-1-3-6-12/h7-8H,1-6H2. The lowest BCUT2D eigenvalue weighted by Crippen LogP contribution is -2.29. The summed E-state index contributed by atoms with van der Waals surface area (Å²) in [6.07, 6.45) is 5.23. The number of thiazole rings is 1. The summed E-state index contributed by atoms with van der Waals surface area (Å²) < 4.78 is 0. The van der Waals surface area contributed by atoms with Crippen molar-refractivity contribution in [2.45, 2.75) is 25.7 Å². The predicted molar refractivity (Wildman–Crippen MR) is 57.9 cm³/mol. The largest absolute Gasteiger partial charge is 0.348 e. The molecule has 0 radical (unpaired) electrons. The molecule has 0 spiro atoms. The van der Waals surface area contributed by atoms with Gasteiger partial charge in [-0.3, -0.25) is 0 Å². The minimum absolute atomic E-state index is 0.449. The second kappa shape index (κ2) is 4.55. The number of carbonyl (C=O) groups is 1. The molecule has 4 heteroatoms. The van der Waals surface area contributed by atoms with Crippen molar-refractivity contribution in [3.8, 4) is 0 Å². The summed E-state index contributed by atoms with van der Waals surface area (Å²) in [4.78, 5) is 17.1. The highest BCUT2D eigenvalue weighted by atomic mass is 32.1. The number of hydrogen-bond acceptors (Lipinski definition) is 4. The minimum atomic E-state index is 0.449. The summed E-state index contributed by atoms with van der Waals surface area (Å²) >= 11 is 1.65. The molecule has 0 atom stereocenters. The van der Waals surface area contributed by atoms with Gasteiger partial charge in [-0.05, 0) is 19.3 Å². The van der Waals surface area contributed by atoms with Gasteiger partial charge in [0.05, 0.1) is 5.69 Å². The van der Waals surface area contributed by atoms with Crippen molar-refractivity contribution in [1.29, 1.82) is 0 Å². The zero-order chi connectivity index (χ0) is 9.80. The number of piperidine rings is 1. The average molecular weight is 210 g/mol. The van der Waals surface area contributed by atoms with Gasteiger partial charge in [-0.2, -0.15) is 0 Å². The minimum Gasteiger partial charge on any atom is -0.348 e. The van der Waals surface area contributed by atoms with Gasteiger partial charge in [-0.15, -0.1) is 11.3 Å². The Balaban J connectivity index is 2.03. The molecule has 76 valence electrons. The van der Waals surface area contributed by atoms with Gasteiger partial charge in [0.25, 0.3) is 0 Å². The molecule has 3 nitrogen and oxygen atoms in total. The Labute approximate surface area is 87.8 Å². The summed E-state index contributed by atoms with van der Waals surface area (Å²) in [5, 5.41) is 3.07. The molecule has 2 rings (SSSR count). The van der Waals surface area contributed by atoms with E-state index in [1.807, 2.05) is 5.38 Å². The number of nitrogens with zero attached hydrogens (tertiary/aromatic N) is 2. The fourth-order valence-electron chi connectivity index (χ4n) is 1.71. The van der Waals surface area contributed by atoms with Gasteiger partial charge in [0, 0.05) is 24.9 Å². The van der Waals surface area contributed by atoms with Crippen LogP contribution in [-0.2, 0) is 11.2 Å². The number of aromatic nitrogens is 1. The van der Waals surface area contributed by atoms with E-state index in [4.69, 9.17) is 0 Å². The van der Waals surface area contributed by atoms with Gasteiger partial charge in [-0.1, -0.05) is 0 Å². The van der Waals surface area contributed by atoms with Crippen LogP contribution in [0.4, 0.5) is 5.13 Å². The van der Waals surface area contributed by atoms with E-state index in [0.29, 0.717) is 6.42 Å². The zero-order valence-corrected chi connectivity index (χ0v) is 8.92. The Bertz CT molecular complexity index is 305. The van der Waals surface area contributed by atoms with E-state index in [0.717, 1.165) is 30.2 Å². The summed E-state index contributed by atoms with van der Waals surface area (Å²) in [5.41, 5.74) is 0.908. The summed E-state index contributed by atoms with van der Waals surface area (Å²) in [5.74, 6) is 0. The van der Waals surface area contributed by atoms with E-state index >= 15 is 0 Å². The highest BCUT2D eigenvalue weighted by molar-refractivity contribution is 7.13. The maximum absolute atomic E-state index is 10.3. The van der Waals surface area contributed by atoms with E-state index < -0.39 is 0 Å². The number of rotatable bonds is 3. The van der Waals surface area contributed by atoms with E-state index in [2.05, 4.69) is 9.88 Å². The second-order valence-electron chi connectivity index (χ2n) is 3.54. The molecule has 1 aliphatic heterocycles. The molecular formula is C10H14N2OS. The van der Waals surface area contributed by atoms with Crippen molar-refractivity contribution in [2.24, 2.45) is 0 Å². The van der Waals surface area contributed by atoms with Crippen LogP contribution >= 0.6 is 11.3 Å². The molecule has 1 aromatic rings. The van der Waals surface area contributed by atoms with Crippen LogP contribution in [0.25, 0.3) is 0 Å². The van der Waals surface area contributed by atoms with Gasteiger partial charge in [0.2, 0.25) is 0 Å². The van der Waals surface area contributed by atoms with Crippen LogP contribution in [0.2, 0.25) is 0 Å². The first-order valence-corrected chi connectivity index (χ1v) is 5.91. The smallest absolute Gasteiger partial charge is 0.185 e. The van der Waals surface area contributed by atoms with Crippen LogP contribution in [-0.4, -0.2) is 24.4 Å². The van der Waals surface area contributed by atoms with Crippen molar-refractivity contribution in [1.82, 2.24) is 4.98 Å². The molecule has 0 N–H and O–H groups in total. The molecule has 0 aromatic carbocycles. The van der Waals surface area contributed by atoms with Crippen LogP contribution < -0.4 is 4.90 Å². The van der Waals surface area contributed by atoms with Gasteiger partial charge < -0.3 is 9.69 Å². The summed E-state index contributed by atoms with van der Waals surface area (Å²) in [6.45, 7) is 2.24. The Morgan fingerprint density at radius 3 is 2.93 bits per heavy atom. The fraction of sp³-hybridized carbons (Fsp3) is 0.600. The Morgan fingerprint density at radius 2 is 2.21 bits per heavy atom. The predicted octanol–water partition coefficient (Wildman–Crippen LogP) is 1.87. The second-order valence-corrected chi connectivity index (χ2v) is 4.38. The lowest BCUT2D eigenvalue weighted by atomic mass is 10.1. The molecule has 1 fully saturated rings. The van der Waals surface area contributed by atoms with E-state index in [9.17, 15) is 4.79 Å². The lowest BCUT2D eigenvalue weighted by molar-refractivity contribution is -0.107. The SMILES string of the molecule is O=CCc1csc(N2CCCCC2)n1. The first kappa shape index (κ1) is 9.65. The van der Waals surface area contributed by atoms with Crippen molar-refractivity contribution in [2.75, 3.05) is 18.0 Å². The quantitative estimate of drug-likeness (QED) is 0.714. The Morgan fingerprint density at radius 1 is 1.43 bits per heavy atom. The van der Waals surface area contributed by atoms with Crippen LogP contribution in [0.15, 0.2) is 5.38 Å². The van der Waals surface area contributed by atoms with Crippen molar-refractivity contribution >= 4 is 22.8 Å². The number of carbonyl (C=O) groups excluding carboxylic acids is 1. The molecule has 2 heterocycles. The Kier molecular flexibility index (Phi) is 3.14. The van der Waals surface area contributed by atoms with Crippen molar-refractivity contribution in [3.63, 3.8) is 0 Å². The molecule has 1 saturated heterocycles. The van der Waals surface area contributed by atoms with Crippen LogP contribution in [0, 0.1) is 0 Å². The topological polar surface area (TPSA) is 33.2 Å². The third-order valence-electron chi connectivity index (χ3n) is 2.46. The number of aldehydes is 1. The first-order valence-electron chi connectivity index (χ1n) is 5.03. The highest BCUT2D eigenvalue weighted by Gasteiger charge is 2.13. The molecule has 0 unspecified atom stereocenters. The molecule has 0 bridgehead atoms. The van der Waals surface area contributed by atoms with E-state index in [1.54, 1.807) is 11.3 Å².